The third kappa shape index (κ3) is 4.81. The monoisotopic (exact) mass is 559 g/mol. The van der Waals surface area contributed by atoms with E-state index in [1.165, 1.54) is 18.2 Å². The number of aliphatic hydroxyl groups is 2. The summed E-state index contributed by atoms with van der Waals surface area (Å²) < 4.78 is 85.6. The maximum Gasteiger partial charge on any atom is 0.442 e. The van der Waals surface area contributed by atoms with Gasteiger partial charge in [-0.05, 0) is 51.0 Å². The Morgan fingerprint density at radius 3 is 2.15 bits per heavy atom. The molecule has 0 saturated heterocycles. The van der Waals surface area contributed by atoms with Crippen LogP contribution in [0.15, 0.2) is 28.8 Å². The van der Waals surface area contributed by atoms with Crippen molar-refractivity contribution in [2.45, 2.75) is 86.8 Å². The maximum absolute atomic E-state index is 13.6. The van der Waals surface area contributed by atoms with Gasteiger partial charge in [-0.2, -0.15) is 31.3 Å². The zero-order valence-corrected chi connectivity index (χ0v) is 21.0. The second kappa shape index (κ2) is 9.29. The molecule has 2 bridgehead atoms. The van der Waals surface area contributed by atoms with Crippen LogP contribution in [-0.4, -0.2) is 47.1 Å². The lowest BCUT2D eigenvalue weighted by atomic mass is 9.53. The van der Waals surface area contributed by atoms with Crippen molar-refractivity contribution in [2.75, 3.05) is 0 Å². The lowest BCUT2D eigenvalue weighted by Crippen LogP contribution is -2.48. The molecule has 0 amide bonds. The highest BCUT2D eigenvalue weighted by atomic mass is 19.4. The highest BCUT2D eigenvalue weighted by Gasteiger charge is 2.54. The molecule has 39 heavy (non-hydrogen) atoms. The number of hydrogen-bond acceptors (Lipinski definition) is 7. The summed E-state index contributed by atoms with van der Waals surface area (Å²) in [5, 5.41) is 30.9. The number of nitrogens with zero attached hydrogens (tertiary/aromatic N) is 5. The number of aryl methyl sites for hydroxylation is 1. The van der Waals surface area contributed by atoms with Crippen molar-refractivity contribution < 1.29 is 41.1 Å². The summed E-state index contributed by atoms with van der Waals surface area (Å²) in [7, 11) is 1.68. The summed E-state index contributed by atoms with van der Waals surface area (Å²) in [6.07, 6.45) is -6.76. The number of alkyl halides is 6. The number of hydrogen-bond donors (Lipinski definition) is 2. The van der Waals surface area contributed by atoms with Gasteiger partial charge in [-0.15, -0.1) is 10.2 Å². The van der Waals surface area contributed by atoms with Gasteiger partial charge in [0, 0.05) is 36.3 Å². The van der Waals surface area contributed by atoms with E-state index in [2.05, 4.69) is 20.3 Å². The first-order valence-electron chi connectivity index (χ1n) is 12.6. The predicted molar refractivity (Wildman–Crippen MR) is 123 cm³/mol. The summed E-state index contributed by atoms with van der Waals surface area (Å²) in [5.41, 5.74) is -1.54. The van der Waals surface area contributed by atoms with Crippen molar-refractivity contribution >= 4 is 0 Å². The molecule has 3 saturated carbocycles. The van der Waals surface area contributed by atoms with Crippen LogP contribution in [-0.2, 0) is 30.5 Å². The summed E-state index contributed by atoms with van der Waals surface area (Å²) in [6, 6.07) is 5.28. The van der Waals surface area contributed by atoms with Crippen LogP contribution in [0.4, 0.5) is 26.3 Å². The van der Waals surface area contributed by atoms with E-state index in [9.17, 15) is 36.6 Å². The lowest BCUT2D eigenvalue weighted by molar-refractivity contribution is -0.351. The van der Waals surface area contributed by atoms with Gasteiger partial charge < -0.3 is 19.3 Å². The minimum Gasteiger partial charge on any atom is -0.359 e. The molecule has 3 aliphatic rings. The highest BCUT2D eigenvalue weighted by Crippen LogP contribution is 2.58. The van der Waals surface area contributed by atoms with E-state index >= 15 is 0 Å². The normalized spacial score (nSPS) is 23.9. The fourth-order valence-corrected chi connectivity index (χ4v) is 6.01. The number of aromatic nitrogens is 5. The molecule has 0 spiro atoms. The van der Waals surface area contributed by atoms with E-state index in [1.807, 2.05) is 0 Å². The van der Waals surface area contributed by atoms with E-state index in [4.69, 9.17) is 4.52 Å². The minimum atomic E-state index is -5.16. The van der Waals surface area contributed by atoms with E-state index in [0.29, 0.717) is 50.2 Å². The summed E-state index contributed by atoms with van der Waals surface area (Å²) in [4.78, 5) is 4.41. The zero-order chi connectivity index (χ0) is 28.3. The molecule has 2 aromatic heterocycles. The van der Waals surface area contributed by atoms with Crippen LogP contribution in [0.1, 0.15) is 74.5 Å². The van der Waals surface area contributed by atoms with Crippen LogP contribution in [0.25, 0.3) is 11.4 Å². The van der Waals surface area contributed by atoms with Crippen LogP contribution in [0.5, 0.6) is 0 Å². The molecule has 0 radical (unpaired) electrons. The number of halogens is 6. The SMILES string of the molecule is Cn1c(-c2ccccc2C(F)(F)F)nnc1C12CCC(c3noc(CCCC(O)(O)C(F)(F)F)n3)(CC1)CC2. The molecule has 3 aliphatic carbocycles. The van der Waals surface area contributed by atoms with Gasteiger partial charge in [0.05, 0.1) is 5.56 Å². The number of rotatable bonds is 7. The Morgan fingerprint density at radius 2 is 1.54 bits per heavy atom. The molecule has 2 heterocycles. The van der Waals surface area contributed by atoms with E-state index in [1.54, 1.807) is 11.6 Å². The molecule has 3 fully saturated rings. The fraction of sp³-hybridized carbons (Fsp3) is 0.600. The van der Waals surface area contributed by atoms with Gasteiger partial charge in [0.2, 0.25) is 5.89 Å². The van der Waals surface area contributed by atoms with Gasteiger partial charge in [0.1, 0.15) is 5.82 Å². The first-order valence-corrected chi connectivity index (χ1v) is 12.6. The van der Waals surface area contributed by atoms with Crippen molar-refractivity contribution in [1.82, 2.24) is 24.9 Å². The largest absolute Gasteiger partial charge is 0.442 e. The third-order valence-corrected chi connectivity index (χ3v) is 8.38. The van der Waals surface area contributed by atoms with E-state index in [-0.39, 0.29) is 41.0 Å². The summed E-state index contributed by atoms with van der Waals surface area (Å²) in [5.74, 6) is -2.39. The molecule has 212 valence electrons. The third-order valence-electron chi connectivity index (χ3n) is 8.38. The lowest BCUT2D eigenvalue weighted by Gasteiger charge is -2.51. The summed E-state index contributed by atoms with van der Waals surface area (Å²) in [6.45, 7) is 0. The number of fused-ring (bicyclic) bond motifs is 3. The molecule has 0 unspecified atom stereocenters. The average Bonchev–Trinajstić information content (AvgIpc) is 3.51. The highest BCUT2D eigenvalue weighted by molar-refractivity contribution is 5.61. The molecule has 0 aliphatic heterocycles. The Bertz CT molecular complexity index is 1320. The van der Waals surface area contributed by atoms with Crippen LogP contribution < -0.4 is 0 Å². The summed E-state index contributed by atoms with van der Waals surface area (Å²) >= 11 is 0. The van der Waals surface area contributed by atoms with Crippen LogP contribution >= 0.6 is 0 Å². The molecule has 14 heteroatoms. The van der Waals surface area contributed by atoms with Gasteiger partial charge in [0.15, 0.2) is 11.6 Å². The molecule has 0 atom stereocenters. The van der Waals surface area contributed by atoms with Crippen molar-refractivity contribution in [2.24, 2.45) is 7.05 Å². The quantitative estimate of drug-likeness (QED) is 0.310. The van der Waals surface area contributed by atoms with Crippen molar-refractivity contribution in [3.8, 4) is 11.4 Å². The minimum absolute atomic E-state index is 0.0298. The van der Waals surface area contributed by atoms with Crippen molar-refractivity contribution in [1.29, 1.82) is 0 Å². The molecule has 8 nitrogen and oxygen atoms in total. The molecule has 1 aromatic carbocycles. The van der Waals surface area contributed by atoms with E-state index < -0.39 is 30.1 Å². The first-order chi connectivity index (χ1) is 18.2. The fourth-order valence-electron chi connectivity index (χ4n) is 6.01. The van der Waals surface area contributed by atoms with Crippen LogP contribution in [0.2, 0.25) is 0 Å². The topological polar surface area (TPSA) is 110 Å². The zero-order valence-electron chi connectivity index (χ0n) is 21.0. The van der Waals surface area contributed by atoms with Crippen LogP contribution in [0, 0.1) is 0 Å². The van der Waals surface area contributed by atoms with Gasteiger partial charge in [0.25, 0.3) is 5.79 Å². The van der Waals surface area contributed by atoms with Gasteiger partial charge >= 0.3 is 12.4 Å². The Kier molecular flexibility index (Phi) is 6.56. The predicted octanol–water partition coefficient (Wildman–Crippen LogP) is 4.99. The smallest absolute Gasteiger partial charge is 0.359 e. The van der Waals surface area contributed by atoms with Crippen molar-refractivity contribution in [3.05, 3.63) is 47.4 Å². The van der Waals surface area contributed by atoms with Gasteiger partial charge in [-0.1, -0.05) is 23.4 Å². The van der Waals surface area contributed by atoms with Crippen LogP contribution in [0.3, 0.4) is 0 Å². The van der Waals surface area contributed by atoms with Gasteiger partial charge in [-0.3, -0.25) is 0 Å². The second-order valence-corrected chi connectivity index (χ2v) is 10.7. The Balaban J connectivity index is 1.29. The first kappa shape index (κ1) is 27.6. The number of benzene rings is 1. The molecule has 3 aromatic rings. The Morgan fingerprint density at radius 1 is 0.923 bits per heavy atom. The molecule has 6 rings (SSSR count). The van der Waals surface area contributed by atoms with Crippen molar-refractivity contribution in [3.63, 3.8) is 0 Å². The molecule has 2 N–H and O–H groups in total. The average molecular weight is 560 g/mol. The molecular formula is C25H27F6N5O3. The molecular weight excluding hydrogens is 532 g/mol. The Labute approximate surface area is 219 Å². The second-order valence-electron chi connectivity index (χ2n) is 10.7. The maximum atomic E-state index is 13.6. The van der Waals surface area contributed by atoms with Gasteiger partial charge in [-0.25, -0.2) is 0 Å². The Hall–Kier alpha value is -3.00. The standard InChI is InChI=1S/C25H27F6N5O3/c1-36-18(15-5-2-3-6-16(15)24(26,27)28)33-34-20(36)22-12-9-21(10-13-22,11-14-22)19-32-17(39-35-19)7-4-8-23(37,38)25(29,30)31/h2-3,5-6,37-38H,4,7-14H2,1H3. The van der Waals surface area contributed by atoms with E-state index in [0.717, 1.165) is 6.07 Å².